The molecule has 0 saturated heterocycles. The van der Waals surface area contributed by atoms with E-state index in [9.17, 15) is 4.79 Å². The van der Waals surface area contributed by atoms with Crippen molar-refractivity contribution in [3.8, 4) is 6.07 Å². The van der Waals surface area contributed by atoms with Gasteiger partial charge in [-0.05, 0) is 60.0 Å². The van der Waals surface area contributed by atoms with E-state index in [0.717, 1.165) is 11.4 Å². The van der Waals surface area contributed by atoms with E-state index in [1.54, 1.807) is 24.3 Å². The van der Waals surface area contributed by atoms with Gasteiger partial charge in [0.05, 0.1) is 17.2 Å². The van der Waals surface area contributed by atoms with Crippen molar-refractivity contribution >= 4 is 23.1 Å². The molecule has 5 heteroatoms. The number of nitrogens with zero attached hydrogens (tertiary/aromatic N) is 2. The molecule has 1 amide bonds. The molecule has 0 radical (unpaired) electrons. The zero-order valence-electron chi connectivity index (χ0n) is 15.2. The first-order valence-electron chi connectivity index (χ1n) is 8.70. The normalized spacial score (nSPS) is 10.3. The van der Waals surface area contributed by atoms with Crippen molar-refractivity contribution < 1.29 is 4.79 Å². The van der Waals surface area contributed by atoms with Crippen molar-refractivity contribution in [2.24, 2.45) is 0 Å². The number of hydrogen-bond donors (Lipinski definition) is 2. The van der Waals surface area contributed by atoms with Gasteiger partial charge < -0.3 is 10.6 Å². The molecular formula is C22H20N4O. The Morgan fingerprint density at radius 3 is 2.19 bits per heavy atom. The van der Waals surface area contributed by atoms with Crippen LogP contribution in [0.5, 0.6) is 0 Å². The third-order valence-electron chi connectivity index (χ3n) is 4.15. The van der Waals surface area contributed by atoms with Crippen LogP contribution in [0, 0.1) is 11.3 Å². The van der Waals surface area contributed by atoms with Gasteiger partial charge >= 0.3 is 0 Å². The highest BCUT2D eigenvalue weighted by Gasteiger charge is 2.08. The molecule has 0 bridgehead atoms. The Morgan fingerprint density at radius 1 is 0.963 bits per heavy atom. The molecule has 2 N–H and O–H groups in total. The molecule has 0 atom stereocenters. The highest BCUT2D eigenvalue weighted by molar-refractivity contribution is 6.04. The minimum Gasteiger partial charge on any atom is -0.340 e. The number of carbonyl (C=O) groups excluding carboxylic acids is 1. The van der Waals surface area contributed by atoms with Crippen LogP contribution in [0.25, 0.3) is 0 Å². The van der Waals surface area contributed by atoms with Gasteiger partial charge in [0.2, 0.25) is 0 Å². The highest BCUT2D eigenvalue weighted by Crippen LogP contribution is 2.18. The maximum atomic E-state index is 12.4. The number of hydrogen-bond acceptors (Lipinski definition) is 4. The summed E-state index contributed by atoms with van der Waals surface area (Å²) in [6.07, 6.45) is 1.53. The predicted molar refractivity (Wildman–Crippen MR) is 107 cm³/mol. The molecule has 2 aromatic carbocycles. The van der Waals surface area contributed by atoms with Crippen molar-refractivity contribution in [2.45, 2.75) is 19.8 Å². The lowest BCUT2D eigenvalue weighted by Crippen LogP contribution is -2.12. The summed E-state index contributed by atoms with van der Waals surface area (Å²) in [6, 6.07) is 20.5. The quantitative estimate of drug-likeness (QED) is 0.669. The molecule has 0 aliphatic carbocycles. The van der Waals surface area contributed by atoms with Crippen LogP contribution >= 0.6 is 0 Å². The van der Waals surface area contributed by atoms with Crippen LogP contribution in [-0.2, 0) is 0 Å². The Bertz CT molecular complexity index is 953. The van der Waals surface area contributed by atoms with Gasteiger partial charge in [0.15, 0.2) is 0 Å². The second-order valence-electron chi connectivity index (χ2n) is 6.48. The van der Waals surface area contributed by atoms with Crippen LogP contribution < -0.4 is 10.6 Å². The molecule has 0 fully saturated rings. The standard InChI is InChI=1S/C22H20N4O/c1-15(2)17-5-10-20(11-6-17)26-22(27)18-7-12-21(24-14-18)25-19-8-3-16(13-23)4-9-19/h3-12,14-15H,1-2H3,(H,24,25)(H,26,27). The van der Waals surface area contributed by atoms with E-state index < -0.39 is 0 Å². The van der Waals surface area contributed by atoms with Crippen LogP contribution in [0.4, 0.5) is 17.2 Å². The van der Waals surface area contributed by atoms with Crippen LogP contribution in [0.3, 0.4) is 0 Å². The molecule has 1 aromatic heterocycles. The summed E-state index contributed by atoms with van der Waals surface area (Å²) >= 11 is 0. The number of nitriles is 1. The summed E-state index contributed by atoms with van der Waals surface area (Å²) in [5, 5.41) is 14.8. The number of carbonyl (C=O) groups is 1. The summed E-state index contributed by atoms with van der Waals surface area (Å²) < 4.78 is 0. The molecule has 0 aliphatic heterocycles. The van der Waals surface area contributed by atoms with E-state index in [-0.39, 0.29) is 5.91 Å². The maximum absolute atomic E-state index is 12.4. The number of amides is 1. The van der Waals surface area contributed by atoms with Crippen molar-refractivity contribution in [2.75, 3.05) is 10.6 Å². The van der Waals surface area contributed by atoms with Crippen LogP contribution in [0.15, 0.2) is 66.9 Å². The smallest absolute Gasteiger partial charge is 0.257 e. The fourth-order valence-corrected chi connectivity index (χ4v) is 2.53. The van der Waals surface area contributed by atoms with Crippen molar-refractivity contribution in [3.05, 3.63) is 83.6 Å². The Morgan fingerprint density at radius 2 is 1.63 bits per heavy atom. The summed E-state index contributed by atoms with van der Waals surface area (Å²) in [5.74, 6) is 0.873. The fourth-order valence-electron chi connectivity index (χ4n) is 2.53. The number of pyridine rings is 1. The molecule has 0 unspecified atom stereocenters. The van der Waals surface area contributed by atoms with E-state index >= 15 is 0 Å². The number of nitrogens with one attached hydrogen (secondary N) is 2. The topological polar surface area (TPSA) is 77.8 Å². The monoisotopic (exact) mass is 356 g/mol. The Kier molecular flexibility index (Phi) is 5.48. The lowest BCUT2D eigenvalue weighted by atomic mass is 10.0. The molecule has 3 aromatic rings. The van der Waals surface area contributed by atoms with E-state index in [0.29, 0.717) is 22.9 Å². The molecule has 0 saturated carbocycles. The zero-order chi connectivity index (χ0) is 19.2. The molecule has 3 rings (SSSR count). The van der Waals surface area contributed by atoms with Gasteiger partial charge in [-0.1, -0.05) is 26.0 Å². The number of aromatic nitrogens is 1. The minimum absolute atomic E-state index is 0.204. The van der Waals surface area contributed by atoms with Crippen molar-refractivity contribution in [1.29, 1.82) is 5.26 Å². The Hall–Kier alpha value is -3.65. The summed E-state index contributed by atoms with van der Waals surface area (Å²) in [5.41, 5.74) is 3.89. The van der Waals surface area contributed by atoms with Crippen LogP contribution in [-0.4, -0.2) is 10.9 Å². The van der Waals surface area contributed by atoms with Crippen molar-refractivity contribution in [1.82, 2.24) is 4.98 Å². The Labute approximate surface area is 158 Å². The fraction of sp³-hybridized carbons (Fsp3) is 0.136. The predicted octanol–water partition coefficient (Wildman–Crippen LogP) is 5.07. The van der Waals surface area contributed by atoms with Gasteiger partial charge in [-0.3, -0.25) is 4.79 Å². The average Bonchev–Trinajstić information content (AvgIpc) is 2.69. The lowest BCUT2D eigenvalue weighted by Gasteiger charge is -2.09. The third kappa shape index (κ3) is 4.71. The van der Waals surface area contributed by atoms with Gasteiger partial charge in [0.25, 0.3) is 5.91 Å². The SMILES string of the molecule is CC(C)c1ccc(NC(=O)c2ccc(Nc3ccc(C#N)cc3)nc2)cc1. The summed E-state index contributed by atoms with van der Waals surface area (Å²) in [6.45, 7) is 4.26. The second-order valence-corrected chi connectivity index (χ2v) is 6.48. The molecule has 1 heterocycles. The number of benzene rings is 2. The van der Waals surface area contributed by atoms with Crippen LogP contribution in [0.1, 0.15) is 41.3 Å². The van der Waals surface area contributed by atoms with Gasteiger partial charge in [-0.15, -0.1) is 0 Å². The van der Waals surface area contributed by atoms with E-state index in [1.165, 1.54) is 11.8 Å². The first kappa shape index (κ1) is 18.2. The molecule has 0 spiro atoms. The van der Waals surface area contributed by atoms with E-state index in [1.807, 2.05) is 36.4 Å². The molecule has 27 heavy (non-hydrogen) atoms. The molecule has 5 nitrogen and oxygen atoms in total. The molecule has 134 valence electrons. The van der Waals surface area contributed by atoms with Gasteiger partial charge in [-0.25, -0.2) is 4.98 Å². The molecule has 0 aliphatic rings. The maximum Gasteiger partial charge on any atom is 0.257 e. The van der Waals surface area contributed by atoms with E-state index in [4.69, 9.17) is 5.26 Å². The minimum atomic E-state index is -0.204. The first-order chi connectivity index (χ1) is 13.0. The highest BCUT2D eigenvalue weighted by atomic mass is 16.1. The third-order valence-corrected chi connectivity index (χ3v) is 4.15. The molecular weight excluding hydrogens is 336 g/mol. The van der Waals surface area contributed by atoms with Crippen molar-refractivity contribution in [3.63, 3.8) is 0 Å². The zero-order valence-corrected chi connectivity index (χ0v) is 15.2. The number of anilines is 3. The Balaban J connectivity index is 1.63. The average molecular weight is 356 g/mol. The number of rotatable bonds is 5. The lowest BCUT2D eigenvalue weighted by molar-refractivity contribution is 0.102. The largest absolute Gasteiger partial charge is 0.340 e. The summed E-state index contributed by atoms with van der Waals surface area (Å²) in [4.78, 5) is 16.7. The van der Waals surface area contributed by atoms with Gasteiger partial charge in [0.1, 0.15) is 5.82 Å². The van der Waals surface area contributed by atoms with Crippen LogP contribution in [0.2, 0.25) is 0 Å². The van der Waals surface area contributed by atoms with Gasteiger partial charge in [0, 0.05) is 17.6 Å². The van der Waals surface area contributed by atoms with E-state index in [2.05, 4.69) is 35.5 Å². The first-order valence-corrected chi connectivity index (χ1v) is 8.70. The second kappa shape index (κ2) is 8.15. The summed E-state index contributed by atoms with van der Waals surface area (Å²) in [7, 11) is 0. The van der Waals surface area contributed by atoms with Gasteiger partial charge in [-0.2, -0.15) is 5.26 Å².